The van der Waals surface area contributed by atoms with Crippen LogP contribution in [0.3, 0.4) is 0 Å². The van der Waals surface area contributed by atoms with Crippen molar-refractivity contribution in [2.24, 2.45) is 11.1 Å². The van der Waals surface area contributed by atoms with Gasteiger partial charge in [0.25, 0.3) is 0 Å². The first-order chi connectivity index (χ1) is 8.42. The Bertz CT molecular complexity index is 643. The third-order valence-corrected chi connectivity index (χ3v) is 5.90. The summed E-state index contributed by atoms with van der Waals surface area (Å²) >= 11 is 1.17. The number of rotatable bonds is 2. The maximum Gasteiger partial charge on any atom is 0.337 e. The van der Waals surface area contributed by atoms with Gasteiger partial charge in [0.15, 0.2) is 9.84 Å². The zero-order chi connectivity index (χ0) is 13.3. The van der Waals surface area contributed by atoms with Gasteiger partial charge in [0, 0.05) is 5.56 Å². The summed E-state index contributed by atoms with van der Waals surface area (Å²) in [6.07, 6.45) is 0.424. The van der Waals surface area contributed by atoms with E-state index in [-0.39, 0.29) is 11.7 Å². The lowest BCUT2D eigenvalue weighted by atomic mass is 10.2. The van der Waals surface area contributed by atoms with Gasteiger partial charge in [-0.2, -0.15) is 0 Å². The zero-order valence-corrected chi connectivity index (χ0v) is 11.7. The Labute approximate surface area is 109 Å². The minimum atomic E-state index is -3.16. The van der Waals surface area contributed by atoms with Crippen LogP contribution in [-0.2, 0) is 25.9 Å². The van der Waals surface area contributed by atoms with Gasteiger partial charge >= 0.3 is 5.97 Å². The van der Waals surface area contributed by atoms with Crippen molar-refractivity contribution in [3.8, 4) is 0 Å². The lowest BCUT2D eigenvalue weighted by molar-refractivity contribution is -0.147. The fourth-order valence-electron chi connectivity index (χ4n) is 1.54. The van der Waals surface area contributed by atoms with Gasteiger partial charge in [-0.25, -0.2) is 13.2 Å². The maximum absolute atomic E-state index is 11.7. The Kier molecular flexibility index (Phi) is 3.54. The lowest BCUT2D eigenvalue weighted by Gasteiger charge is -2.00. The fourth-order valence-corrected chi connectivity index (χ4v) is 4.45. The molecule has 1 aromatic heterocycles. The van der Waals surface area contributed by atoms with Crippen LogP contribution >= 0.6 is 11.3 Å². The van der Waals surface area contributed by atoms with Gasteiger partial charge in [0.2, 0.25) is 0 Å². The van der Waals surface area contributed by atoms with Gasteiger partial charge in [-0.15, -0.1) is 11.3 Å². The minimum Gasteiger partial charge on any atom is -0.317 e. The van der Waals surface area contributed by atoms with Gasteiger partial charge in [-0.05, 0) is 17.9 Å². The third kappa shape index (κ3) is 2.46. The number of hydrogen-bond donors (Lipinski definition) is 0. The molecule has 0 amide bonds. The Hall–Kier alpha value is -1.21. The van der Waals surface area contributed by atoms with Crippen LogP contribution in [0.25, 0.3) is 0 Å². The monoisotopic (exact) mass is 287 g/mol. The van der Waals surface area contributed by atoms with Gasteiger partial charge in [-0.3, -0.25) is 0 Å². The van der Waals surface area contributed by atoms with Crippen molar-refractivity contribution in [1.82, 2.24) is 0 Å². The first-order valence-electron chi connectivity index (χ1n) is 5.50. The van der Waals surface area contributed by atoms with E-state index in [0.717, 1.165) is 0 Å². The molecule has 1 aliphatic rings. The molecule has 18 heavy (non-hydrogen) atoms. The highest BCUT2D eigenvalue weighted by Gasteiger charge is 2.28. The molecule has 0 unspecified atom stereocenters. The van der Waals surface area contributed by atoms with E-state index >= 15 is 0 Å². The predicted molar refractivity (Wildman–Crippen MR) is 66.6 cm³/mol. The average molecular weight is 287 g/mol. The molecular formula is C11H13NO4S2. The van der Waals surface area contributed by atoms with Crippen LogP contribution in [0.2, 0.25) is 0 Å². The predicted octanol–water partition coefficient (Wildman–Crippen LogP) is 1.09. The molecule has 0 radical (unpaired) electrons. The van der Waals surface area contributed by atoms with Crippen LogP contribution in [0.5, 0.6) is 0 Å². The quantitative estimate of drug-likeness (QED) is 0.603. The number of carbonyl (C=O) groups is 1. The van der Waals surface area contributed by atoms with Crippen LogP contribution in [0, 0.1) is 5.92 Å². The van der Waals surface area contributed by atoms with Crippen LogP contribution in [0.15, 0.2) is 20.8 Å². The molecule has 1 aliphatic heterocycles. The Morgan fingerprint density at radius 2 is 2.22 bits per heavy atom. The van der Waals surface area contributed by atoms with Crippen molar-refractivity contribution in [2.75, 3.05) is 5.75 Å². The Morgan fingerprint density at radius 1 is 1.50 bits per heavy atom. The van der Waals surface area contributed by atoms with Crippen LogP contribution in [0.4, 0.5) is 0 Å². The molecule has 7 heteroatoms. The molecule has 0 aromatic carbocycles. The Morgan fingerprint density at radius 3 is 2.89 bits per heavy atom. The zero-order valence-electron chi connectivity index (χ0n) is 10.0. The number of nitrogens with zero attached hydrogens (tertiary/aromatic N) is 1. The molecule has 0 atom stereocenters. The highest BCUT2D eigenvalue weighted by atomic mass is 32.2. The van der Waals surface area contributed by atoms with Crippen molar-refractivity contribution < 1.29 is 18.0 Å². The van der Waals surface area contributed by atoms with Gasteiger partial charge in [0.1, 0.15) is 9.57 Å². The standard InChI is InChI=1S/C11H13NO4S2/c1-7(2)10(13)16-12-9-3-5-17-11-8(9)4-6-18(11,14)15/h3,5,7H,4,6H2,1-2H3/b12-9+. The number of sulfone groups is 1. The molecule has 0 fully saturated rings. The van der Waals surface area contributed by atoms with Crippen molar-refractivity contribution in [3.05, 3.63) is 22.4 Å². The smallest absolute Gasteiger partial charge is 0.317 e. The normalized spacial score (nSPS) is 17.8. The highest BCUT2D eigenvalue weighted by Crippen LogP contribution is 2.26. The number of hydrogen-bond acceptors (Lipinski definition) is 6. The first-order valence-corrected chi connectivity index (χ1v) is 8.03. The van der Waals surface area contributed by atoms with Crippen LogP contribution < -0.4 is 5.36 Å². The maximum atomic E-state index is 11.7. The molecule has 0 aliphatic carbocycles. The first kappa shape index (κ1) is 13.2. The minimum absolute atomic E-state index is 0.101. The number of carbonyl (C=O) groups excluding carboxylic acids is 1. The highest BCUT2D eigenvalue weighted by molar-refractivity contribution is 7.93. The molecule has 0 saturated carbocycles. The average Bonchev–Trinajstić information content (AvgIpc) is 2.63. The summed E-state index contributed by atoms with van der Waals surface area (Å²) in [5.41, 5.74) is 0.652. The second-order valence-corrected chi connectivity index (χ2v) is 7.52. The Balaban J connectivity index is 2.40. The summed E-state index contributed by atoms with van der Waals surface area (Å²) in [7, 11) is -3.16. The van der Waals surface area contributed by atoms with E-state index in [1.807, 2.05) is 0 Å². The summed E-state index contributed by atoms with van der Waals surface area (Å²) in [6, 6.07) is 1.66. The second-order valence-electron chi connectivity index (χ2n) is 4.30. The lowest BCUT2D eigenvalue weighted by Crippen LogP contribution is -2.14. The summed E-state index contributed by atoms with van der Waals surface area (Å²) < 4.78 is 23.8. The number of fused-ring (bicyclic) bond motifs is 1. The third-order valence-electron chi connectivity index (χ3n) is 2.57. The van der Waals surface area contributed by atoms with Crippen molar-refractivity contribution in [3.63, 3.8) is 0 Å². The van der Waals surface area contributed by atoms with E-state index in [4.69, 9.17) is 4.84 Å². The van der Waals surface area contributed by atoms with E-state index in [9.17, 15) is 13.2 Å². The molecule has 0 N–H and O–H groups in total. The molecule has 98 valence electrons. The van der Waals surface area contributed by atoms with Gasteiger partial charge < -0.3 is 4.84 Å². The molecular weight excluding hydrogens is 274 g/mol. The fraction of sp³-hybridized carbons (Fsp3) is 0.455. The molecule has 2 rings (SSSR count). The molecule has 1 aromatic rings. The second kappa shape index (κ2) is 4.81. The van der Waals surface area contributed by atoms with Crippen molar-refractivity contribution >= 4 is 27.1 Å². The topological polar surface area (TPSA) is 72.8 Å². The van der Waals surface area contributed by atoms with Gasteiger partial charge in [-0.1, -0.05) is 19.0 Å². The molecule has 0 bridgehead atoms. The molecule has 0 spiro atoms. The van der Waals surface area contributed by atoms with E-state index in [0.29, 0.717) is 21.6 Å². The SMILES string of the molecule is CC(C)C(=O)O/N=c1\ccsc2c1CCS2(=O)=O. The van der Waals surface area contributed by atoms with Crippen LogP contribution in [-0.4, -0.2) is 20.1 Å². The summed E-state index contributed by atoms with van der Waals surface area (Å²) in [5, 5.41) is 5.83. The summed E-state index contributed by atoms with van der Waals surface area (Å²) in [5.74, 6) is -0.599. The van der Waals surface area contributed by atoms with Gasteiger partial charge in [0.05, 0.1) is 11.7 Å². The summed E-state index contributed by atoms with van der Waals surface area (Å²) in [4.78, 5) is 16.1. The van der Waals surface area contributed by atoms with Crippen molar-refractivity contribution in [2.45, 2.75) is 24.5 Å². The molecule has 2 heterocycles. The van der Waals surface area contributed by atoms with Crippen molar-refractivity contribution in [1.29, 1.82) is 0 Å². The van der Waals surface area contributed by atoms with E-state index < -0.39 is 15.8 Å². The molecule has 0 saturated heterocycles. The molecule has 5 nitrogen and oxygen atoms in total. The van der Waals surface area contributed by atoms with E-state index in [1.54, 1.807) is 25.3 Å². The van der Waals surface area contributed by atoms with E-state index in [1.165, 1.54) is 11.3 Å². The summed E-state index contributed by atoms with van der Waals surface area (Å²) in [6.45, 7) is 3.42. The van der Waals surface area contributed by atoms with E-state index in [2.05, 4.69) is 5.16 Å². The largest absolute Gasteiger partial charge is 0.337 e. The van der Waals surface area contributed by atoms with Crippen LogP contribution in [0.1, 0.15) is 19.4 Å².